The molecule has 0 amide bonds. The van der Waals surface area contributed by atoms with Crippen molar-refractivity contribution in [2.24, 2.45) is 0 Å². The summed E-state index contributed by atoms with van der Waals surface area (Å²) in [5.74, 6) is 0. The Bertz CT molecular complexity index is 582. The van der Waals surface area contributed by atoms with Crippen molar-refractivity contribution in [3.8, 4) is 10.6 Å². The molecule has 0 fully saturated rings. The summed E-state index contributed by atoms with van der Waals surface area (Å²) < 4.78 is 0. The molecule has 2 aromatic heterocycles. The molecular weight excluding hydrogens is 266 g/mol. The molecule has 0 saturated heterocycles. The van der Waals surface area contributed by atoms with Crippen LogP contribution in [0.15, 0.2) is 18.5 Å². The molecule has 108 valence electrons. The molecule has 4 heteroatoms. The van der Waals surface area contributed by atoms with E-state index in [1.165, 1.54) is 16.0 Å². The minimum atomic E-state index is 0.127. The third-order valence-electron chi connectivity index (χ3n) is 3.19. The second-order valence-corrected chi connectivity index (χ2v) is 7.10. The van der Waals surface area contributed by atoms with E-state index in [9.17, 15) is 0 Å². The number of pyridine rings is 1. The summed E-state index contributed by atoms with van der Waals surface area (Å²) in [6, 6.07) is 2.07. The molecule has 0 unspecified atom stereocenters. The van der Waals surface area contributed by atoms with E-state index in [0.29, 0.717) is 0 Å². The maximum Gasteiger partial charge on any atom is 0.124 e. The molecular formula is C16H23N3S. The van der Waals surface area contributed by atoms with Gasteiger partial charge in [-0.1, -0.05) is 6.92 Å². The fourth-order valence-corrected chi connectivity index (χ4v) is 3.03. The lowest BCUT2D eigenvalue weighted by molar-refractivity contribution is 0.425. The predicted molar refractivity (Wildman–Crippen MR) is 86.1 cm³/mol. The van der Waals surface area contributed by atoms with Crippen molar-refractivity contribution in [3.63, 3.8) is 0 Å². The van der Waals surface area contributed by atoms with Gasteiger partial charge < -0.3 is 5.32 Å². The Morgan fingerprint density at radius 2 is 2.05 bits per heavy atom. The maximum atomic E-state index is 4.74. The van der Waals surface area contributed by atoms with Crippen LogP contribution in [0.1, 0.15) is 43.8 Å². The van der Waals surface area contributed by atoms with Crippen molar-refractivity contribution in [2.75, 3.05) is 0 Å². The number of nitrogens with zero attached hydrogens (tertiary/aromatic N) is 2. The molecule has 0 radical (unpaired) electrons. The molecule has 2 rings (SSSR count). The molecule has 0 bridgehead atoms. The van der Waals surface area contributed by atoms with Crippen LogP contribution in [-0.4, -0.2) is 15.5 Å². The second kappa shape index (κ2) is 6.02. The highest BCUT2D eigenvalue weighted by Gasteiger charge is 2.14. The van der Waals surface area contributed by atoms with E-state index in [1.807, 2.05) is 12.4 Å². The highest BCUT2D eigenvalue weighted by molar-refractivity contribution is 7.15. The number of hydrogen-bond acceptors (Lipinski definition) is 4. The minimum Gasteiger partial charge on any atom is -0.307 e. The average Bonchev–Trinajstić information content (AvgIpc) is 2.77. The molecule has 3 nitrogen and oxygen atoms in total. The zero-order valence-corrected chi connectivity index (χ0v) is 13.8. The fraction of sp³-hybridized carbons (Fsp3) is 0.500. The lowest BCUT2D eigenvalue weighted by Crippen LogP contribution is -2.34. The number of hydrogen-bond donors (Lipinski definition) is 1. The van der Waals surface area contributed by atoms with Crippen LogP contribution < -0.4 is 5.32 Å². The summed E-state index contributed by atoms with van der Waals surface area (Å²) in [6.45, 7) is 11.7. The monoisotopic (exact) mass is 289 g/mol. The van der Waals surface area contributed by atoms with Crippen molar-refractivity contribution in [1.29, 1.82) is 0 Å². The normalized spacial score (nSPS) is 11.8. The Hall–Kier alpha value is -1.26. The van der Waals surface area contributed by atoms with Gasteiger partial charge in [0.2, 0.25) is 0 Å². The lowest BCUT2D eigenvalue weighted by atomic mass is 10.1. The Labute approximate surface area is 125 Å². The molecule has 0 spiro atoms. The summed E-state index contributed by atoms with van der Waals surface area (Å²) in [4.78, 5) is 10.3. The Kier molecular flexibility index (Phi) is 4.55. The van der Waals surface area contributed by atoms with E-state index in [-0.39, 0.29) is 5.54 Å². The van der Waals surface area contributed by atoms with Crippen molar-refractivity contribution >= 4 is 11.3 Å². The van der Waals surface area contributed by atoms with Crippen molar-refractivity contribution < 1.29 is 0 Å². The van der Waals surface area contributed by atoms with Crippen LogP contribution in [0.3, 0.4) is 0 Å². The van der Waals surface area contributed by atoms with Gasteiger partial charge >= 0.3 is 0 Å². The van der Waals surface area contributed by atoms with Gasteiger partial charge in [0.25, 0.3) is 0 Å². The molecule has 2 aromatic rings. The number of rotatable bonds is 4. The third-order valence-corrected chi connectivity index (χ3v) is 4.38. The van der Waals surface area contributed by atoms with Gasteiger partial charge in [0.15, 0.2) is 0 Å². The van der Waals surface area contributed by atoms with E-state index in [4.69, 9.17) is 4.98 Å². The van der Waals surface area contributed by atoms with Crippen LogP contribution in [-0.2, 0) is 13.0 Å². The van der Waals surface area contributed by atoms with Gasteiger partial charge in [0.1, 0.15) is 5.01 Å². The van der Waals surface area contributed by atoms with Gasteiger partial charge in [-0.3, -0.25) is 4.98 Å². The largest absolute Gasteiger partial charge is 0.307 e. The molecule has 0 atom stereocenters. The van der Waals surface area contributed by atoms with Crippen LogP contribution in [0.25, 0.3) is 10.6 Å². The number of aromatic nitrogens is 2. The number of aryl methyl sites for hydroxylation is 2. The number of thiazole rings is 1. The van der Waals surface area contributed by atoms with Gasteiger partial charge in [0.05, 0.1) is 5.69 Å². The standard InChI is InChI=1S/C16H23N3S/c1-6-12-9-17-8-7-13(12)15-19-11(2)14(20-15)10-18-16(3,4)5/h7-9,18H,6,10H2,1-5H3. The molecule has 0 aromatic carbocycles. The molecule has 1 N–H and O–H groups in total. The summed E-state index contributed by atoms with van der Waals surface area (Å²) in [7, 11) is 0. The first-order chi connectivity index (χ1) is 9.40. The fourth-order valence-electron chi connectivity index (χ4n) is 1.97. The minimum absolute atomic E-state index is 0.127. The molecule has 0 saturated carbocycles. The van der Waals surface area contributed by atoms with Crippen molar-refractivity contribution in [3.05, 3.63) is 34.6 Å². The van der Waals surface area contributed by atoms with Gasteiger partial charge in [0, 0.05) is 34.9 Å². The van der Waals surface area contributed by atoms with Crippen LogP contribution in [0.4, 0.5) is 0 Å². The number of nitrogens with one attached hydrogen (secondary N) is 1. The van der Waals surface area contributed by atoms with E-state index in [1.54, 1.807) is 11.3 Å². The Balaban J connectivity index is 2.27. The molecule has 0 aliphatic carbocycles. The van der Waals surface area contributed by atoms with Gasteiger partial charge in [-0.05, 0) is 45.7 Å². The highest BCUT2D eigenvalue weighted by Crippen LogP contribution is 2.30. The third kappa shape index (κ3) is 3.64. The van der Waals surface area contributed by atoms with E-state index < -0.39 is 0 Å². The Morgan fingerprint density at radius 1 is 1.30 bits per heavy atom. The quantitative estimate of drug-likeness (QED) is 0.925. The van der Waals surface area contributed by atoms with Crippen LogP contribution in [0.5, 0.6) is 0 Å². The van der Waals surface area contributed by atoms with Gasteiger partial charge in [-0.15, -0.1) is 11.3 Å². The molecule has 0 aliphatic heterocycles. The summed E-state index contributed by atoms with van der Waals surface area (Å²) in [6.07, 6.45) is 4.77. The first-order valence-corrected chi connectivity index (χ1v) is 7.87. The predicted octanol–water partition coefficient (Wildman–Crippen LogP) is 3.96. The first-order valence-electron chi connectivity index (χ1n) is 7.05. The molecule has 20 heavy (non-hydrogen) atoms. The van der Waals surface area contributed by atoms with Crippen molar-refractivity contribution in [1.82, 2.24) is 15.3 Å². The first kappa shape index (κ1) is 15.1. The van der Waals surface area contributed by atoms with E-state index >= 15 is 0 Å². The summed E-state index contributed by atoms with van der Waals surface area (Å²) >= 11 is 1.78. The van der Waals surface area contributed by atoms with Gasteiger partial charge in [-0.2, -0.15) is 0 Å². The van der Waals surface area contributed by atoms with E-state index in [2.05, 4.69) is 51.0 Å². The maximum absolute atomic E-state index is 4.74. The highest BCUT2D eigenvalue weighted by atomic mass is 32.1. The van der Waals surface area contributed by atoms with E-state index in [0.717, 1.165) is 23.7 Å². The Morgan fingerprint density at radius 3 is 2.70 bits per heavy atom. The second-order valence-electron chi connectivity index (χ2n) is 6.02. The lowest BCUT2D eigenvalue weighted by Gasteiger charge is -2.19. The van der Waals surface area contributed by atoms with Crippen LogP contribution in [0, 0.1) is 6.92 Å². The topological polar surface area (TPSA) is 37.8 Å². The van der Waals surface area contributed by atoms with Crippen LogP contribution >= 0.6 is 11.3 Å². The zero-order valence-electron chi connectivity index (χ0n) is 12.9. The molecule has 2 heterocycles. The zero-order chi connectivity index (χ0) is 14.8. The smallest absolute Gasteiger partial charge is 0.124 e. The average molecular weight is 289 g/mol. The SMILES string of the molecule is CCc1cnccc1-c1nc(C)c(CNC(C)(C)C)s1. The summed E-state index contributed by atoms with van der Waals surface area (Å²) in [5.41, 5.74) is 3.73. The van der Waals surface area contributed by atoms with Crippen molar-refractivity contribution in [2.45, 2.75) is 53.1 Å². The summed E-state index contributed by atoms with van der Waals surface area (Å²) in [5, 5.41) is 4.63. The molecule has 0 aliphatic rings. The van der Waals surface area contributed by atoms with Gasteiger partial charge in [-0.25, -0.2) is 4.98 Å². The van der Waals surface area contributed by atoms with Crippen LogP contribution in [0.2, 0.25) is 0 Å².